The van der Waals surface area contributed by atoms with Crippen LogP contribution in [0.15, 0.2) is 48.8 Å². The molecule has 1 aromatic heterocycles. The monoisotopic (exact) mass is 494 g/mol. The van der Waals surface area contributed by atoms with E-state index in [4.69, 9.17) is 18.9 Å². The highest BCUT2D eigenvalue weighted by atomic mass is 32.2. The summed E-state index contributed by atoms with van der Waals surface area (Å²) in [6, 6.07) is 12.1. The summed E-state index contributed by atoms with van der Waals surface area (Å²) in [6.45, 7) is 3.51. The van der Waals surface area contributed by atoms with Crippen molar-refractivity contribution in [2.75, 3.05) is 64.8 Å². The first-order valence-electron chi connectivity index (χ1n) is 11.0. The molecule has 1 aromatic carbocycles. The normalized spacial score (nSPS) is 11.9. The molecule has 0 unspecified atom stereocenters. The molecule has 34 heavy (non-hydrogen) atoms. The van der Waals surface area contributed by atoms with E-state index in [1.165, 1.54) is 0 Å². The van der Waals surface area contributed by atoms with Crippen molar-refractivity contribution < 1.29 is 36.5 Å². The van der Waals surface area contributed by atoms with E-state index >= 15 is 0 Å². The lowest BCUT2D eigenvalue weighted by Crippen LogP contribution is -2.33. The van der Waals surface area contributed by atoms with Gasteiger partial charge < -0.3 is 28.4 Å². The fraction of sp³-hybridized carbons (Fsp3) is 0.458. The third-order valence-electron chi connectivity index (χ3n) is 4.87. The number of anilines is 1. The molecule has 2 rings (SSSR count). The molecule has 0 saturated carbocycles. The van der Waals surface area contributed by atoms with Crippen LogP contribution >= 0.6 is 0 Å². The molecule has 188 valence electrons. The molecule has 9 nitrogen and oxygen atoms in total. The van der Waals surface area contributed by atoms with Crippen LogP contribution in [-0.2, 0) is 35.6 Å². The van der Waals surface area contributed by atoms with E-state index in [0.29, 0.717) is 39.3 Å². The minimum absolute atomic E-state index is 0.263. The summed E-state index contributed by atoms with van der Waals surface area (Å²) in [7, 11) is -0.968. The summed E-state index contributed by atoms with van der Waals surface area (Å²) in [5, 5.41) is 0. The maximum absolute atomic E-state index is 10.7. The first kappa shape index (κ1) is 27.9. The second-order valence-electron chi connectivity index (χ2n) is 7.53. The quantitative estimate of drug-likeness (QED) is 0.143. The summed E-state index contributed by atoms with van der Waals surface area (Å²) in [5.41, 5.74) is 3.15. The first-order valence-corrected chi connectivity index (χ1v) is 12.6. The van der Waals surface area contributed by atoms with E-state index in [1.54, 1.807) is 14.2 Å². The van der Waals surface area contributed by atoms with Gasteiger partial charge in [0.25, 0.3) is 0 Å². The molecule has 0 spiro atoms. The molecule has 0 aliphatic rings. The predicted octanol–water partition coefficient (Wildman–Crippen LogP) is 2.13. The molecule has 0 atom stereocenters. The topological polar surface area (TPSA) is 101 Å². The fourth-order valence-electron chi connectivity index (χ4n) is 3.15. The van der Waals surface area contributed by atoms with Crippen LogP contribution in [0.4, 0.5) is 5.69 Å². The van der Waals surface area contributed by atoms with Gasteiger partial charge in [0.1, 0.15) is 20.1 Å². The second kappa shape index (κ2) is 15.5. The molecule has 0 saturated heterocycles. The predicted molar refractivity (Wildman–Crippen MR) is 129 cm³/mol. The molecule has 0 radical (unpaired) electrons. The third kappa shape index (κ3) is 11.7. The number of nitrogens with zero attached hydrogens (tertiary/aromatic N) is 2. The van der Waals surface area contributed by atoms with Crippen LogP contribution in [0.5, 0.6) is 0 Å². The Labute approximate surface area is 202 Å². The third-order valence-corrected chi connectivity index (χ3v) is 5.66. The van der Waals surface area contributed by atoms with E-state index in [-0.39, 0.29) is 19.3 Å². The highest BCUT2D eigenvalue weighted by Gasteiger charge is 2.07. The number of benzene rings is 1. The van der Waals surface area contributed by atoms with Crippen molar-refractivity contribution in [2.45, 2.75) is 13.0 Å². The number of hydrogen-bond acceptors (Lipinski definition) is 8. The van der Waals surface area contributed by atoms with E-state index in [2.05, 4.69) is 29.2 Å². The fourth-order valence-corrected chi connectivity index (χ4v) is 3.63. The molecule has 0 amide bonds. The lowest BCUT2D eigenvalue weighted by Gasteiger charge is -2.25. The number of methoxy groups -OCH3 is 2. The molecule has 0 fully saturated rings. The number of aromatic nitrogens is 1. The van der Waals surface area contributed by atoms with Crippen molar-refractivity contribution in [3.63, 3.8) is 0 Å². The van der Waals surface area contributed by atoms with Crippen molar-refractivity contribution in [2.24, 2.45) is 0 Å². The Kier molecular flexibility index (Phi) is 12.8. The number of rotatable bonds is 17. The van der Waals surface area contributed by atoms with Gasteiger partial charge in [-0.05, 0) is 23.3 Å². The van der Waals surface area contributed by atoms with E-state index in [0.717, 1.165) is 16.8 Å². The first-order chi connectivity index (χ1) is 16.4. The lowest BCUT2D eigenvalue weighted by atomic mass is 10.1. The largest absolute Gasteiger partial charge is 0.748 e. The van der Waals surface area contributed by atoms with Gasteiger partial charge in [0, 0.05) is 57.3 Å². The van der Waals surface area contributed by atoms with Crippen LogP contribution in [0.25, 0.3) is 12.2 Å². The van der Waals surface area contributed by atoms with Crippen molar-refractivity contribution in [3.05, 3.63) is 59.9 Å². The van der Waals surface area contributed by atoms with Crippen LogP contribution in [-0.4, -0.2) is 72.8 Å². The van der Waals surface area contributed by atoms with Gasteiger partial charge in [0.15, 0.2) is 12.4 Å². The smallest absolute Gasteiger partial charge is 0.169 e. The van der Waals surface area contributed by atoms with Crippen molar-refractivity contribution in [1.82, 2.24) is 0 Å². The van der Waals surface area contributed by atoms with Crippen molar-refractivity contribution in [3.8, 4) is 0 Å². The SMILES string of the molecule is COCOCCN(CCOCOC)c1ccc(/C=C/c2cc[n+](CCCS(=O)(=O)[O-])cc2)cc1. The molecular formula is C24H34N2O7S. The average molecular weight is 495 g/mol. The van der Waals surface area contributed by atoms with E-state index in [1.807, 2.05) is 41.2 Å². The van der Waals surface area contributed by atoms with Gasteiger partial charge in [-0.25, -0.2) is 13.0 Å². The summed E-state index contributed by atoms with van der Waals surface area (Å²) in [5.74, 6) is -0.352. The van der Waals surface area contributed by atoms with Gasteiger partial charge in [-0.3, -0.25) is 0 Å². The molecule has 0 aliphatic carbocycles. The van der Waals surface area contributed by atoms with Gasteiger partial charge in [-0.1, -0.05) is 24.3 Å². The summed E-state index contributed by atoms with van der Waals surface area (Å²) < 4.78 is 54.7. The molecule has 0 aliphatic heterocycles. The summed E-state index contributed by atoms with van der Waals surface area (Å²) >= 11 is 0. The van der Waals surface area contributed by atoms with Crippen LogP contribution in [0.1, 0.15) is 17.5 Å². The van der Waals surface area contributed by atoms with Gasteiger partial charge in [-0.15, -0.1) is 0 Å². The Balaban J connectivity index is 1.92. The highest BCUT2D eigenvalue weighted by Crippen LogP contribution is 2.17. The number of aryl methyl sites for hydroxylation is 1. The Morgan fingerprint density at radius 3 is 1.91 bits per heavy atom. The van der Waals surface area contributed by atoms with Gasteiger partial charge in [0.2, 0.25) is 0 Å². The molecule has 0 bridgehead atoms. The summed E-state index contributed by atoms with van der Waals surface area (Å²) in [6.07, 6.45) is 8.08. The average Bonchev–Trinajstić information content (AvgIpc) is 2.82. The highest BCUT2D eigenvalue weighted by molar-refractivity contribution is 7.85. The van der Waals surface area contributed by atoms with E-state index < -0.39 is 10.1 Å². The van der Waals surface area contributed by atoms with Crippen LogP contribution in [0.3, 0.4) is 0 Å². The lowest BCUT2D eigenvalue weighted by molar-refractivity contribution is -0.696. The van der Waals surface area contributed by atoms with Gasteiger partial charge in [0.05, 0.1) is 23.3 Å². The van der Waals surface area contributed by atoms with Crippen molar-refractivity contribution in [1.29, 1.82) is 0 Å². The summed E-state index contributed by atoms with van der Waals surface area (Å²) in [4.78, 5) is 2.19. The zero-order valence-corrected chi connectivity index (χ0v) is 20.6. The second-order valence-corrected chi connectivity index (χ2v) is 9.05. The minimum Gasteiger partial charge on any atom is -0.748 e. The van der Waals surface area contributed by atoms with Crippen LogP contribution in [0.2, 0.25) is 0 Å². The molecule has 1 heterocycles. The Morgan fingerprint density at radius 1 is 0.882 bits per heavy atom. The Morgan fingerprint density at radius 2 is 1.41 bits per heavy atom. The Hall–Kier alpha value is -2.34. The van der Waals surface area contributed by atoms with Crippen LogP contribution < -0.4 is 9.47 Å². The standard InChI is InChI=1S/C24H34N2O7S/c1-30-20-32-17-15-26(16-18-33-21-31-2)24-8-6-22(7-9-24)4-5-23-10-13-25(14-11-23)12-3-19-34(27,28)29/h4-11,13-14H,3,12,15-21H2,1-2H3. The molecular weight excluding hydrogens is 460 g/mol. The zero-order chi connectivity index (χ0) is 24.7. The minimum atomic E-state index is -4.16. The van der Waals surface area contributed by atoms with Crippen molar-refractivity contribution >= 4 is 28.0 Å². The van der Waals surface area contributed by atoms with Gasteiger partial charge in [-0.2, -0.15) is 0 Å². The van der Waals surface area contributed by atoms with Crippen LogP contribution in [0, 0.1) is 0 Å². The Bertz CT molecular complexity index is 936. The molecule has 10 heteroatoms. The number of ether oxygens (including phenoxy) is 4. The van der Waals surface area contributed by atoms with Gasteiger partial charge >= 0.3 is 0 Å². The maximum atomic E-state index is 10.7. The zero-order valence-electron chi connectivity index (χ0n) is 19.8. The molecule has 2 aromatic rings. The number of pyridine rings is 1. The molecule has 0 N–H and O–H groups in total. The maximum Gasteiger partial charge on any atom is 0.169 e. The van der Waals surface area contributed by atoms with E-state index in [9.17, 15) is 13.0 Å². The number of hydrogen-bond donors (Lipinski definition) is 0.